The molecular weight excluding hydrogens is 176 g/mol. The van der Waals surface area contributed by atoms with E-state index in [1.165, 1.54) is 6.08 Å². The average molecular weight is 186 g/mol. The van der Waals surface area contributed by atoms with Gasteiger partial charge in [-0.2, -0.15) is 10.5 Å². The molecule has 4 nitrogen and oxygen atoms in total. The highest BCUT2D eigenvalue weighted by Crippen LogP contribution is 2.11. The molecule has 0 unspecified atom stereocenters. The summed E-state index contributed by atoms with van der Waals surface area (Å²) in [5.41, 5.74) is 0.866. The molecule has 0 fully saturated rings. The van der Waals surface area contributed by atoms with Crippen molar-refractivity contribution in [3.8, 4) is 12.1 Å². The van der Waals surface area contributed by atoms with Gasteiger partial charge in [0, 0.05) is 6.04 Å². The van der Waals surface area contributed by atoms with Crippen molar-refractivity contribution >= 4 is 6.08 Å². The van der Waals surface area contributed by atoms with Crippen LogP contribution in [0.2, 0.25) is 0 Å². The van der Waals surface area contributed by atoms with E-state index in [0.717, 1.165) is 5.69 Å². The number of nitriles is 2. The Morgan fingerprint density at radius 2 is 2.14 bits per heavy atom. The van der Waals surface area contributed by atoms with E-state index in [1.54, 1.807) is 12.5 Å². The maximum absolute atomic E-state index is 8.58. The Kier molecular flexibility index (Phi) is 3.04. The van der Waals surface area contributed by atoms with Crippen molar-refractivity contribution in [3.63, 3.8) is 0 Å². The molecule has 0 N–H and O–H groups in total. The summed E-state index contributed by atoms with van der Waals surface area (Å²) < 4.78 is 1.90. The Balaban J connectivity index is 3.11. The van der Waals surface area contributed by atoms with E-state index in [9.17, 15) is 0 Å². The van der Waals surface area contributed by atoms with Crippen molar-refractivity contribution in [2.24, 2.45) is 0 Å². The largest absolute Gasteiger partial charge is 0.329 e. The van der Waals surface area contributed by atoms with Gasteiger partial charge in [-0.3, -0.25) is 0 Å². The number of aromatic nitrogens is 2. The Bertz CT molecular complexity index is 410. The number of imidazole rings is 1. The first-order chi connectivity index (χ1) is 6.69. The zero-order chi connectivity index (χ0) is 10.6. The molecule has 0 aromatic carbocycles. The molecule has 70 valence electrons. The van der Waals surface area contributed by atoms with E-state index >= 15 is 0 Å². The Hall–Kier alpha value is -2.07. The molecule has 14 heavy (non-hydrogen) atoms. The molecule has 0 amide bonds. The van der Waals surface area contributed by atoms with E-state index in [-0.39, 0.29) is 11.6 Å². The first-order valence-electron chi connectivity index (χ1n) is 4.22. The second kappa shape index (κ2) is 4.25. The van der Waals surface area contributed by atoms with Gasteiger partial charge in [0.15, 0.2) is 0 Å². The zero-order valence-electron chi connectivity index (χ0n) is 8.10. The molecule has 0 aliphatic rings. The third-order valence-corrected chi connectivity index (χ3v) is 1.79. The van der Waals surface area contributed by atoms with Gasteiger partial charge in [0.05, 0.1) is 18.2 Å². The summed E-state index contributed by atoms with van der Waals surface area (Å²) in [4.78, 5) is 3.96. The van der Waals surface area contributed by atoms with E-state index in [1.807, 2.05) is 30.6 Å². The Morgan fingerprint density at radius 1 is 1.50 bits per heavy atom. The minimum absolute atomic E-state index is 0.0902. The van der Waals surface area contributed by atoms with Crippen LogP contribution < -0.4 is 0 Å². The van der Waals surface area contributed by atoms with Gasteiger partial charge in [-0.25, -0.2) is 4.98 Å². The molecule has 0 bridgehead atoms. The summed E-state index contributed by atoms with van der Waals surface area (Å²) in [6, 6.07) is 3.90. The normalized spacial score (nSPS) is 9.21. The number of rotatable bonds is 2. The molecule has 0 saturated carbocycles. The molecule has 0 radical (unpaired) electrons. The molecule has 0 spiro atoms. The van der Waals surface area contributed by atoms with Crippen LogP contribution in [0.5, 0.6) is 0 Å². The van der Waals surface area contributed by atoms with Gasteiger partial charge in [-0.1, -0.05) is 0 Å². The third-order valence-electron chi connectivity index (χ3n) is 1.79. The number of allylic oxidation sites excluding steroid dienone is 1. The SMILES string of the molecule is CC(C)n1cncc1C=C(C#N)C#N. The molecule has 0 aliphatic heterocycles. The predicted molar refractivity (Wildman–Crippen MR) is 51.8 cm³/mol. The Labute approximate surface area is 82.7 Å². The number of hydrogen-bond acceptors (Lipinski definition) is 3. The lowest BCUT2D eigenvalue weighted by molar-refractivity contribution is 0.595. The summed E-state index contributed by atoms with van der Waals surface area (Å²) in [5.74, 6) is 0. The molecule has 0 atom stereocenters. The molecule has 1 aromatic rings. The van der Waals surface area contributed by atoms with Crippen LogP contribution in [0.1, 0.15) is 25.6 Å². The smallest absolute Gasteiger partial charge is 0.131 e. The highest BCUT2D eigenvalue weighted by Gasteiger charge is 2.03. The van der Waals surface area contributed by atoms with Crippen molar-refractivity contribution < 1.29 is 0 Å². The van der Waals surface area contributed by atoms with Crippen molar-refractivity contribution in [2.45, 2.75) is 19.9 Å². The second-order valence-corrected chi connectivity index (χ2v) is 3.10. The van der Waals surface area contributed by atoms with Crippen LogP contribution in [-0.4, -0.2) is 9.55 Å². The fourth-order valence-electron chi connectivity index (χ4n) is 1.10. The summed E-state index contributed by atoms with van der Waals surface area (Å²) >= 11 is 0. The van der Waals surface area contributed by atoms with Crippen LogP contribution in [0.25, 0.3) is 6.08 Å². The third kappa shape index (κ3) is 1.99. The van der Waals surface area contributed by atoms with Crippen LogP contribution in [0, 0.1) is 22.7 Å². The van der Waals surface area contributed by atoms with Crippen molar-refractivity contribution in [1.82, 2.24) is 9.55 Å². The molecule has 4 heteroatoms. The molecule has 0 aliphatic carbocycles. The molecule has 1 heterocycles. The zero-order valence-corrected chi connectivity index (χ0v) is 8.10. The minimum atomic E-state index is 0.0902. The lowest BCUT2D eigenvalue weighted by atomic mass is 10.2. The fraction of sp³-hybridized carbons (Fsp3) is 0.300. The fourth-order valence-corrected chi connectivity index (χ4v) is 1.10. The predicted octanol–water partition coefficient (Wildman–Crippen LogP) is 1.89. The molecule has 0 saturated heterocycles. The molecule has 1 rings (SSSR count). The highest BCUT2D eigenvalue weighted by molar-refractivity contribution is 5.59. The summed E-state index contributed by atoms with van der Waals surface area (Å²) in [6.45, 7) is 4.02. The van der Waals surface area contributed by atoms with E-state index < -0.39 is 0 Å². The topological polar surface area (TPSA) is 65.4 Å². The van der Waals surface area contributed by atoms with Gasteiger partial charge in [0.2, 0.25) is 0 Å². The van der Waals surface area contributed by atoms with Gasteiger partial charge in [-0.05, 0) is 19.9 Å². The maximum Gasteiger partial charge on any atom is 0.131 e. The van der Waals surface area contributed by atoms with Gasteiger partial charge in [0.1, 0.15) is 17.7 Å². The summed E-state index contributed by atoms with van der Waals surface area (Å²) in [6.07, 6.45) is 4.85. The van der Waals surface area contributed by atoms with Crippen LogP contribution in [0.15, 0.2) is 18.1 Å². The lowest BCUT2D eigenvalue weighted by Crippen LogP contribution is -2.00. The van der Waals surface area contributed by atoms with Crippen LogP contribution in [-0.2, 0) is 0 Å². The lowest BCUT2D eigenvalue weighted by Gasteiger charge is -2.08. The number of nitrogens with zero attached hydrogens (tertiary/aromatic N) is 4. The van der Waals surface area contributed by atoms with E-state index in [2.05, 4.69) is 4.98 Å². The second-order valence-electron chi connectivity index (χ2n) is 3.10. The van der Waals surface area contributed by atoms with Crippen molar-refractivity contribution in [1.29, 1.82) is 10.5 Å². The quantitative estimate of drug-likeness (QED) is 0.662. The summed E-state index contributed by atoms with van der Waals surface area (Å²) in [5, 5.41) is 17.2. The van der Waals surface area contributed by atoms with E-state index in [4.69, 9.17) is 10.5 Å². The first kappa shape index (κ1) is 10.0. The van der Waals surface area contributed by atoms with Crippen LogP contribution in [0.4, 0.5) is 0 Å². The summed E-state index contributed by atoms with van der Waals surface area (Å²) in [7, 11) is 0. The average Bonchev–Trinajstić information content (AvgIpc) is 2.62. The number of hydrogen-bond donors (Lipinski definition) is 0. The molecule has 1 aromatic heterocycles. The first-order valence-corrected chi connectivity index (χ1v) is 4.22. The van der Waals surface area contributed by atoms with Gasteiger partial charge >= 0.3 is 0 Å². The van der Waals surface area contributed by atoms with E-state index in [0.29, 0.717) is 0 Å². The molecular formula is C10H10N4. The monoisotopic (exact) mass is 186 g/mol. The van der Waals surface area contributed by atoms with Gasteiger partial charge in [-0.15, -0.1) is 0 Å². The standard InChI is InChI=1S/C10H10N4/c1-8(2)14-7-13-6-10(14)3-9(4-11)5-12/h3,6-8H,1-2H3. The minimum Gasteiger partial charge on any atom is -0.329 e. The highest BCUT2D eigenvalue weighted by atomic mass is 15.1. The van der Waals surface area contributed by atoms with Crippen LogP contribution >= 0.6 is 0 Å². The van der Waals surface area contributed by atoms with Gasteiger partial charge in [0.25, 0.3) is 0 Å². The van der Waals surface area contributed by atoms with Crippen molar-refractivity contribution in [3.05, 3.63) is 23.8 Å². The maximum atomic E-state index is 8.58. The Morgan fingerprint density at radius 3 is 2.64 bits per heavy atom. The van der Waals surface area contributed by atoms with Crippen LogP contribution in [0.3, 0.4) is 0 Å². The van der Waals surface area contributed by atoms with Crippen molar-refractivity contribution in [2.75, 3.05) is 0 Å². The van der Waals surface area contributed by atoms with Gasteiger partial charge < -0.3 is 4.57 Å².